The Bertz CT molecular complexity index is 477. The van der Waals surface area contributed by atoms with E-state index in [1.807, 2.05) is 32.2 Å². The van der Waals surface area contributed by atoms with Crippen LogP contribution in [0.25, 0.3) is 0 Å². The van der Waals surface area contributed by atoms with E-state index in [0.717, 1.165) is 17.0 Å². The minimum absolute atomic E-state index is 0.132. The highest BCUT2D eigenvalue weighted by atomic mass is 15.3. The predicted octanol–water partition coefficient (Wildman–Crippen LogP) is 0.676. The number of hydrogen-bond donors (Lipinski definition) is 2. The van der Waals surface area contributed by atoms with Crippen molar-refractivity contribution in [1.29, 1.82) is 0 Å². The lowest BCUT2D eigenvalue weighted by Crippen LogP contribution is -2.31. The molecule has 0 aromatic carbocycles. The van der Waals surface area contributed by atoms with E-state index >= 15 is 0 Å². The number of aromatic nitrogens is 3. The third kappa shape index (κ3) is 1.95. The van der Waals surface area contributed by atoms with Crippen molar-refractivity contribution < 1.29 is 0 Å². The molecule has 16 heavy (non-hydrogen) atoms. The van der Waals surface area contributed by atoms with Gasteiger partial charge in [-0.1, -0.05) is 0 Å². The molecule has 84 valence electrons. The molecule has 0 aliphatic heterocycles. The van der Waals surface area contributed by atoms with Gasteiger partial charge in [0.2, 0.25) is 0 Å². The first-order valence-corrected chi connectivity index (χ1v) is 5.09. The summed E-state index contributed by atoms with van der Waals surface area (Å²) in [6, 6.07) is 5.76. The van der Waals surface area contributed by atoms with Gasteiger partial charge in [0.25, 0.3) is 0 Å². The summed E-state index contributed by atoms with van der Waals surface area (Å²) in [5, 5.41) is 4.13. The fraction of sp³-hybridized carbons (Fsp3) is 0.273. The van der Waals surface area contributed by atoms with Gasteiger partial charge in [0.1, 0.15) is 6.04 Å². The van der Waals surface area contributed by atoms with Crippen LogP contribution >= 0.6 is 0 Å². The van der Waals surface area contributed by atoms with Gasteiger partial charge >= 0.3 is 0 Å². The quantitative estimate of drug-likeness (QED) is 0.586. The van der Waals surface area contributed by atoms with Crippen LogP contribution in [0, 0.1) is 6.92 Å². The van der Waals surface area contributed by atoms with Crippen molar-refractivity contribution in [3.05, 3.63) is 47.5 Å². The second-order valence-electron chi connectivity index (χ2n) is 3.74. The van der Waals surface area contributed by atoms with Gasteiger partial charge in [-0.3, -0.25) is 15.5 Å². The van der Waals surface area contributed by atoms with Crippen molar-refractivity contribution in [2.45, 2.75) is 13.0 Å². The summed E-state index contributed by atoms with van der Waals surface area (Å²) in [5.41, 5.74) is 5.81. The van der Waals surface area contributed by atoms with Crippen molar-refractivity contribution in [3.63, 3.8) is 0 Å². The first kappa shape index (κ1) is 10.8. The summed E-state index contributed by atoms with van der Waals surface area (Å²) in [4.78, 5) is 4.32. The summed E-state index contributed by atoms with van der Waals surface area (Å²) in [6.45, 7) is 2.03. The lowest BCUT2D eigenvalue weighted by molar-refractivity contribution is 0.563. The average Bonchev–Trinajstić information content (AvgIpc) is 2.67. The molecule has 2 aromatic rings. The molecule has 2 heterocycles. The molecule has 0 saturated heterocycles. The summed E-state index contributed by atoms with van der Waals surface area (Å²) in [5.74, 6) is 5.58. The second kappa shape index (κ2) is 4.42. The molecule has 0 saturated carbocycles. The van der Waals surface area contributed by atoms with Gasteiger partial charge in [0.15, 0.2) is 0 Å². The van der Waals surface area contributed by atoms with Gasteiger partial charge in [0, 0.05) is 19.4 Å². The van der Waals surface area contributed by atoms with E-state index in [0.29, 0.717) is 0 Å². The minimum atomic E-state index is -0.132. The number of hydrogen-bond acceptors (Lipinski definition) is 4. The molecule has 5 heteroatoms. The largest absolute Gasteiger partial charge is 0.271 e. The topological polar surface area (TPSA) is 68.8 Å². The maximum absolute atomic E-state index is 5.58. The van der Waals surface area contributed by atoms with Crippen LogP contribution in [-0.4, -0.2) is 14.8 Å². The van der Waals surface area contributed by atoms with E-state index in [1.165, 1.54) is 0 Å². The fourth-order valence-electron chi connectivity index (χ4n) is 1.71. The van der Waals surface area contributed by atoms with Gasteiger partial charge in [-0.2, -0.15) is 5.10 Å². The van der Waals surface area contributed by atoms with Gasteiger partial charge in [-0.15, -0.1) is 0 Å². The third-order valence-corrected chi connectivity index (χ3v) is 2.55. The van der Waals surface area contributed by atoms with Crippen LogP contribution in [0.4, 0.5) is 0 Å². The summed E-state index contributed by atoms with van der Waals surface area (Å²) in [6.07, 6.45) is 3.53. The zero-order chi connectivity index (χ0) is 11.5. The number of rotatable bonds is 3. The molecule has 0 fully saturated rings. The molecule has 1 unspecified atom stereocenters. The molecule has 5 nitrogen and oxygen atoms in total. The van der Waals surface area contributed by atoms with E-state index < -0.39 is 0 Å². The molecular weight excluding hydrogens is 202 g/mol. The molecule has 3 N–H and O–H groups in total. The smallest absolute Gasteiger partial charge is 0.105 e. The van der Waals surface area contributed by atoms with E-state index in [1.54, 1.807) is 17.1 Å². The van der Waals surface area contributed by atoms with Crippen molar-refractivity contribution in [1.82, 2.24) is 20.2 Å². The van der Waals surface area contributed by atoms with Gasteiger partial charge in [-0.25, -0.2) is 5.43 Å². The molecule has 2 aromatic heterocycles. The zero-order valence-corrected chi connectivity index (χ0v) is 9.38. The Morgan fingerprint density at radius 2 is 2.19 bits per heavy atom. The van der Waals surface area contributed by atoms with Crippen LogP contribution in [0.5, 0.6) is 0 Å². The standard InChI is InChI=1S/C11H15N5/c1-8-3-5-13-9(7-8)11(15-12)10-4-6-14-16(10)2/h3-7,11,15H,12H2,1-2H3. The molecule has 0 amide bonds. The van der Waals surface area contributed by atoms with Crippen molar-refractivity contribution >= 4 is 0 Å². The van der Waals surface area contributed by atoms with Gasteiger partial charge in [-0.05, 0) is 30.7 Å². The summed E-state index contributed by atoms with van der Waals surface area (Å²) < 4.78 is 1.79. The monoisotopic (exact) mass is 217 g/mol. The molecule has 2 rings (SSSR count). The Morgan fingerprint density at radius 1 is 1.38 bits per heavy atom. The SMILES string of the molecule is Cc1ccnc(C(NN)c2ccnn2C)c1. The number of nitrogens with zero attached hydrogens (tertiary/aromatic N) is 3. The molecule has 0 spiro atoms. The van der Waals surface area contributed by atoms with Crippen LogP contribution in [0.2, 0.25) is 0 Å². The van der Waals surface area contributed by atoms with Crippen molar-refractivity contribution in [3.8, 4) is 0 Å². The van der Waals surface area contributed by atoms with Crippen LogP contribution < -0.4 is 11.3 Å². The lowest BCUT2D eigenvalue weighted by atomic mass is 10.1. The molecule has 0 bridgehead atoms. The highest BCUT2D eigenvalue weighted by Crippen LogP contribution is 2.18. The number of aryl methyl sites for hydroxylation is 2. The Hall–Kier alpha value is -1.72. The van der Waals surface area contributed by atoms with E-state index in [2.05, 4.69) is 15.5 Å². The molecular formula is C11H15N5. The molecule has 0 aliphatic carbocycles. The Labute approximate surface area is 94.3 Å². The lowest BCUT2D eigenvalue weighted by Gasteiger charge is -2.15. The number of pyridine rings is 1. The molecule has 0 aliphatic rings. The second-order valence-corrected chi connectivity index (χ2v) is 3.74. The first-order valence-electron chi connectivity index (χ1n) is 5.09. The zero-order valence-electron chi connectivity index (χ0n) is 9.38. The molecule has 1 atom stereocenters. The number of hydrazine groups is 1. The Morgan fingerprint density at radius 3 is 2.75 bits per heavy atom. The van der Waals surface area contributed by atoms with Crippen LogP contribution in [0.1, 0.15) is 23.0 Å². The normalized spacial score (nSPS) is 12.7. The number of nitrogens with two attached hydrogens (primary N) is 1. The van der Waals surface area contributed by atoms with E-state index in [9.17, 15) is 0 Å². The number of nitrogens with one attached hydrogen (secondary N) is 1. The van der Waals surface area contributed by atoms with Gasteiger partial charge in [0.05, 0.1) is 11.4 Å². The highest BCUT2D eigenvalue weighted by molar-refractivity contribution is 5.24. The maximum Gasteiger partial charge on any atom is 0.105 e. The summed E-state index contributed by atoms with van der Waals surface area (Å²) in [7, 11) is 1.88. The predicted molar refractivity (Wildman–Crippen MR) is 61.3 cm³/mol. The van der Waals surface area contributed by atoms with Crippen molar-refractivity contribution in [2.75, 3.05) is 0 Å². The van der Waals surface area contributed by atoms with Gasteiger partial charge < -0.3 is 0 Å². The van der Waals surface area contributed by atoms with Crippen LogP contribution in [-0.2, 0) is 7.05 Å². The van der Waals surface area contributed by atoms with Crippen molar-refractivity contribution in [2.24, 2.45) is 12.9 Å². The van der Waals surface area contributed by atoms with Crippen LogP contribution in [0.15, 0.2) is 30.6 Å². The van der Waals surface area contributed by atoms with Crippen LogP contribution in [0.3, 0.4) is 0 Å². The summed E-state index contributed by atoms with van der Waals surface area (Å²) >= 11 is 0. The third-order valence-electron chi connectivity index (χ3n) is 2.55. The average molecular weight is 217 g/mol. The maximum atomic E-state index is 5.58. The minimum Gasteiger partial charge on any atom is -0.271 e. The van der Waals surface area contributed by atoms with E-state index in [-0.39, 0.29) is 6.04 Å². The Balaban J connectivity index is 2.40. The van der Waals surface area contributed by atoms with E-state index in [4.69, 9.17) is 5.84 Å². The first-order chi connectivity index (χ1) is 7.72. The molecule has 0 radical (unpaired) electrons. The highest BCUT2D eigenvalue weighted by Gasteiger charge is 2.16. The Kier molecular flexibility index (Phi) is 2.98. The fourth-order valence-corrected chi connectivity index (χ4v) is 1.71.